The van der Waals surface area contributed by atoms with Crippen LogP contribution in [0, 0.1) is 12.8 Å². The number of hydrogen-bond donors (Lipinski definition) is 0. The summed E-state index contributed by atoms with van der Waals surface area (Å²) < 4.78 is 2.04. The lowest BCUT2D eigenvalue weighted by atomic mass is 10.0. The van der Waals surface area contributed by atoms with E-state index in [4.69, 9.17) is 0 Å². The first kappa shape index (κ1) is 13.8. The Bertz CT molecular complexity index is 489. The van der Waals surface area contributed by atoms with Crippen LogP contribution in [-0.4, -0.2) is 33.2 Å². The Morgan fingerprint density at radius 3 is 2.63 bits per heavy atom. The molecule has 0 saturated carbocycles. The van der Waals surface area contributed by atoms with Crippen LogP contribution in [0.15, 0.2) is 0 Å². The monoisotopic (exact) mass is 263 g/mol. The molecule has 5 nitrogen and oxygen atoms in total. The zero-order valence-corrected chi connectivity index (χ0v) is 11.8. The minimum absolute atomic E-state index is 0.0928. The van der Waals surface area contributed by atoms with Crippen LogP contribution in [0.5, 0.6) is 0 Å². The van der Waals surface area contributed by atoms with Crippen molar-refractivity contribution in [2.45, 2.75) is 46.7 Å². The summed E-state index contributed by atoms with van der Waals surface area (Å²) in [6.07, 6.45) is 2.51. The summed E-state index contributed by atoms with van der Waals surface area (Å²) >= 11 is 0. The van der Waals surface area contributed by atoms with Gasteiger partial charge in [-0.05, 0) is 19.8 Å². The number of aldehydes is 1. The lowest BCUT2D eigenvalue weighted by molar-refractivity contribution is -0.137. The molecule has 5 heteroatoms. The lowest BCUT2D eigenvalue weighted by Crippen LogP contribution is -2.41. The van der Waals surface area contributed by atoms with Crippen LogP contribution in [0.4, 0.5) is 0 Å². The minimum atomic E-state index is 0.0928. The number of nitrogens with zero attached hydrogens (tertiary/aromatic N) is 3. The summed E-state index contributed by atoms with van der Waals surface area (Å²) in [4.78, 5) is 29.5. The van der Waals surface area contributed by atoms with Gasteiger partial charge in [0.1, 0.15) is 11.5 Å². The number of imidazole rings is 1. The maximum absolute atomic E-state index is 12.4. The molecule has 0 radical (unpaired) electrons. The van der Waals surface area contributed by atoms with Crippen molar-refractivity contribution in [1.29, 1.82) is 0 Å². The third kappa shape index (κ3) is 2.41. The Morgan fingerprint density at radius 1 is 1.37 bits per heavy atom. The van der Waals surface area contributed by atoms with Crippen LogP contribution in [-0.2, 0) is 17.9 Å². The van der Waals surface area contributed by atoms with Gasteiger partial charge in [0, 0.05) is 19.0 Å². The molecule has 0 bridgehead atoms. The molecule has 0 aromatic carbocycles. The van der Waals surface area contributed by atoms with Gasteiger partial charge in [-0.2, -0.15) is 0 Å². The van der Waals surface area contributed by atoms with Crippen LogP contribution >= 0.6 is 0 Å². The zero-order chi connectivity index (χ0) is 14.0. The quantitative estimate of drug-likeness (QED) is 0.778. The van der Waals surface area contributed by atoms with Crippen LogP contribution in [0.2, 0.25) is 0 Å². The molecule has 0 N–H and O–H groups in total. The third-order valence-corrected chi connectivity index (χ3v) is 3.99. The Hall–Kier alpha value is -1.65. The minimum Gasteiger partial charge on any atom is -0.335 e. The molecule has 1 aliphatic rings. The molecule has 0 spiro atoms. The molecule has 2 rings (SSSR count). The van der Waals surface area contributed by atoms with E-state index in [0.29, 0.717) is 18.8 Å². The second-order valence-electron chi connectivity index (χ2n) is 5.03. The van der Waals surface area contributed by atoms with Crippen molar-refractivity contribution in [1.82, 2.24) is 14.5 Å². The molecule has 19 heavy (non-hydrogen) atoms. The van der Waals surface area contributed by atoms with E-state index in [2.05, 4.69) is 4.98 Å². The van der Waals surface area contributed by atoms with Gasteiger partial charge in [-0.3, -0.25) is 9.59 Å². The predicted octanol–water partition coefficient (Wildman–Crippen LogP) is 1.78. The number of rotatable bonds is 4. The van der Waals surface area contributed by atoms with Gasteiger partial charge in [0.05, 0.1) is 12.2 Å². The van der Waals surface area contributed by atoms with Crippen molar-refractivity contribution in [3.63, 3.8) is 0 Å². The number of carbonyl (C=O) groups excluding carboxylic acids is 2. The second kappa shape index (κ2) is 5.55. The highest BCUT2D eigenvalue weighted by Crippen LogP contribution is 2.21. The molecule has 2 heterocycles. The van der Waals surface area contributed by atoms with Crippen LogP contribution in [0.25, 0.3) is 0 Å². The second-order valence-corrected chi connectivity index (χ2v) is 5.03. The predicted molar refractivity (Wildman–Crippen MR) is 71.8 cm³/mol. The molecule has 1 aliphatic heterocycles. The first-order valence-electron chi connectivity index (χ1n) is 6.92. The number of amides is 1. The van der Waals surface area contributed by atoms with Gasteiger partial charge in [0.15, 0.2) is 6.29 Å². The standard InChI is InChI=1S/C14H21N3O2/c1-4-11(5-2)14(19)16-6-7-17-10(3)15-12(9-18)13(17)8-16/h9,11H,4-8H2,1-3H3. The van der Waals surface area contributed by atoms with Gasteiger partial charge in [-0.1, -0.05) is 13.8 Å². The Labute approximate surface area is 113 Å². The summed E-state index contributed by atoms with van der Waals surface area (Å²) in [6, 6.07) is 0. The summed E-state index contributed by atoms with van der Waals surface area (Å²) in [5.41, 5.74) is 1.35. The van der Waals surface area contributed by atoms with E-state index in [1.165, 1.54) is 0 Å². The Morgan fingerprint density at radius 2 is 2.05 bits per heavy atom. The molecule has 0 unspecified atom stereocenters. The van der Waals surface area contributed by atoms with Crippen molar-refractivity contribution < 1.29 is 9.59 Å². The molecular weight excluding hydrogens is 242 g/mol. The molecule has 1 aromatic rings. The SMILES string of the molecule is CCC(CC)C(=O)N1CCn2c(C)nc(C=O)c2C1. The van der Waals surface area contributed by atoms with Crippen LogP contribution in [0.3, 0.4) is 0 Å². The highest BCUT2D eigenvalue weighted by atomic mass is 16.2. The number of aryl methyl sites for hydroxylation is 1. The zero-order valence-electron chi connectivity index (χ0n) is 11.8. The molecule has 1 amide bonds. The maximum atomic E-state index is 12.4. The van der Waals surface area contributed by atoms with E-state index in [1.807, 2.05) is 30.2 Å². The first-order chi connectivity index (χ1) is 9.12. The van der Waals surface area contributed by atoms with Crippen LogP contribution in [0.1, 0.15) is 48.7 Å². The van der Waals surface area contributed by atoms with Crippen molar-refractivity contribution >= 4 is 12.2 Å². The number of aromatic nitrogens is 2. The fourth-order valence-corrected chi connectivity index (χ4v) is 2.76. The van der Waals surface area contributed by atoms with E-state index < -0.39 is 0 Å². The highest BCUT2D eigenvalue weighted by molar-refractivity contribution is 5.79. The molecule has 0 saturated heterocycles. The molecular formula is C14H21N3O2. The largest absolute Gasteiger partial charge is 0.335 e. The Kier molecular flexibility index (Phi) is 4.02. The maximum Gasteiger partial charge on any atom is 0.226 e. The average molecular weight is 263 g/mol. The van der Waals surface area contributed by atoms with Gasteiger partial charge in [-0.25, -0.2) is 4.98 Å². The normalized spacial score (nSPS) is 14.6. The van der Waals surface area contributed by atoms with Gasteiger partial charge < -0.3 is 9.47 Å². The van der Waals surface area contributed by atoms with Gasteiger partial charge in [0.2, 0.25) is 5.91 Å². The molecule has 104 valence electrons. The Balaban J connectivity index is 2.22. The molecule has 1 aromatic heterocycles. The number of fused-ring (bicyclic) bond motifs is 1. The van der Waals surface area contributed by atoms with Gasteiger partial charge in [-0.15, -0.1) is 0 Å². The fraction of sp³-hybridized carbons (Fsp3) is 0.643. The topological polar surface area (TPSA) is 55.2 Å². The van der Waals surface area contributed by atoms with E-state index in [1.54, 1.807) is 0 Å². The highest BCUT2D eigenvalue weighted by Gasteiger charge is 2.28. The van der Waals surface area contributed by atoms with E-state index >= 15 is 0 Å². The van der Waals surface area contributed by atoms with Gasteiger partial charge in [0.25, 0.3) is 0 Å². The van der Waals surface area contributed by atoms with Crippen molar-refractivity contribution in [3.05, 3.63) is 17.2 Å². The number of carbonyl (C=O) groups is 2. The van der Waals surface area contributed by atoms with Crippen LogP contribution < -0.4 is 0 Å². The summed E-state index contributed by atoms with van der Waals surface area (Å²) in [6.45, 7) is 7.92. The summed E-state index contributed by atoms with van der Waals surface area (Å²) in [7, 11) is 0. The van der Waals surface area contributed by atoms with E-state index in [-0.39, 0.29) is 11.8 Å². The first-order valence-corrected chi connectivity index (χ1v) is 6.92. The van der Waals surface area contributed by atoms with E-state index in [0.717, 1.165) is 37.2 Å². The smallest absolute Gasteiger partial charge is 0.226 e. The molecule has 0 aliphatic carbocycles. The van der Waals surface area contributed by atoms with Crippen molar-refractivity contribution in [2.75, 3.05) is 6.54 Å². The third-order valence-electron chi connectivity index (χ3n) is 3.99. The van der Waals surface area contributed by atoms with Crippen molar-refractivity contribution in [2.24, 2.45) is 5.92 Å². The lowest BCUT2D eigenvalue weighted by Gasteiger charge is -2.31. The fourth-order valence-electron chi connectivity index (χ4n) is 2.76. The number of hydrogen-bond acceptors (Lipinski definition) is 3. The average Bonchev–Trinajstić information content (AvgIpc) is 2.76. The van der Waals surface area contributed by atoms with E-state index in [9.17, 15) is 9.59 Å². The molecule has 0 fully saturated rings. The molecule has 0 atom stereocenters. The summed E-state index contributed by atoms with van der Waals surface area (Å²) in [5.74, 6) is 1.15. The summed E-state index contributed by atoms with van der Waals surface area (Å²) in [5, 5.41) is 0. The van der Waals surface area contributed by atoms with Crippen molar-refractivity contribution in [3.8, 4) is 0 Å². The van der Waals surface area contributed by atoms with Gasteiger partial charge >= 0.3 is 0 Å².